The molecule has 1 heterocycles. The third-order valence-corrected chi connectivity index (χ3v) is 4.89. The summed E-state index contributed by atoms with van der Waals surface area (Å²) >= 11 is 11.9. The van der Waals surface area contributed by atoms with Crippen LogP contribution < -0.4 is 20.3 Å². The van der Waals surface area contributed by atoms with Crippen molar-refractivity contribution in [3.05, 3.63) is 80.4 Å². The topological polar surface area (TPSA) is 82.5 Å². The first-order valence-electron chi connectivity index (χ1n) is 8.95. The summed E-state index contributed by atoms with van der Waals surface area (Å²) in [5, 5.41) is 3.39. The maximum atomic E-state index is 12.5. The smallest absolute Gasteiger partial charge is 0.254 e. The van der Waals surface area contributed by atoms with Gasteiger partial charge in [-0.15, -0.1) is 0 Å². The van der Waals surface area contributed by atoms with Crippen molar-refractivity contribution >= 4 is 34.8 Å². The van der Waals surface area contributed by atoms with Crippen molar-refractivity contribution < 1.29 is 14.3 Å². The molecule has 0 radical (unpaired) electrons. The molecule has 1 aromatic heterocycles. The lowest BCUT2D eigenvalue weighted by atomic mass is 10.3. The molecule has 156 valence electrons. The molecule has 0 aliphatic rings. The highest BCUT2D eigenvalue weighted by atomic mass is 35.5. The largest absolute Gasteiger partial charge is 0.497 e. The van der Waals surface area contributed by atoms with E-state index in [2.05, 4.69) is 10.3 Å². The highest BCUT2D eigenvalue weighted by Gasteiger charge is 2.13. The number of methoxy groups -OCH3 is 1. The minimum absolute atomic E-state index is 0.0172. The Morgan fingerprint density at radius 2 is 1.77 bits per heavy atom. The quantitative estimate of drug-likeness (QED) is 0.589. The van der Waals surface area contributed by atoms with Gasteiger partial charge in [-0.3, -0.25) is 14.2 Å². The van der Waals surface area contributed by atoms with Crippen molar-refractivity contribution in [3.63, 3.8) is 0 Å². The summed E-state index contributed by atoms with van der Waals surface area (Å²) in [5.74, 6) is 1.21. The number of halogens is 2. The van der Waals surface area contributed by atoms with Crippen molar-refractivity contribution in [1.29, 1.82) is 0 Å². The van der Waals surface area contributed by atoms with E-state index in [0.717, 1.165) is 0 Å². The third kappa shape index (κ3) is 5.52. The highest BCUT2D eigenvalue weighted by Crippen LogP contribution is 2.25. The normalized spacial score (nSPS) is 10.5. The highest BCUT2D eigenvalue weighted by molar-refractivity contribution is 6.42. The van der Waals surface area contributed by atoms with Crippen LogP contribution in [0, 0.1) is 6.92 Å². The zero-order valence-corrected chi connectivity index (χ0v) is 17.8. The number of hydrogen-bond acceptors (Lipinski definition) is 5. The van der Waals surface area contributed by atoms with Crippen molar-refractivity contribution in [2.45, 2.75) is 20.1 Å². The Morgan fingerprint density at radius 1 is 1.07 bits per heavy atom. The molecule has 2 aromatic carbocycles. The van der Waals surface area contributed by atoms with Gasteiger partial charge in [0, 0.05) is 17.4 Å². The van der Waals surface area contributed by atoms with Crippen LogP contribution in [-0.4, -0.2) is 22.6 Å². The van der Waals surface area contributed by atoms with E-state index in [1.165, 1.54) is 16.7 Å². The molecule has 0 fully saturated rings. The Bertz CT molecular complexity index is 1110. The molecule has 3 rings (SSSR count). The number of carbonyl (C=O) groups is 1. The fraction of sp³-hybridized carbons (Fsp3) is 0.190. The minimum Gasteiger partial charge on any atom is -0.497 e. The lowest BCUT2D eigenvalue weighted by molar-refractivity contribution is -0.116. The maximum Gasteiger partial charge on any atom is 0.254 e. The number of ether oxygens (including phenoxy) is 2. The van der Waals surface area contributed by atoms with E-state index < -0.39 is 5.91 Å². The second-order valence-corrected chi connectivity index (χ2v) is 7.19. The van der Waals surface area contributed by atoms with Crippen LogP contribution in [0.3, 0.4) is 0 Å². The first kappa shape index (κ1) is 21.7. The Kier molecular flexibility index (Phi) is 6.97. The molecule has 3 aromatic rings. The molecule has 7 nitrogen and oxygen atoms in total. The van der Waals surface area contributed by atoms with Crippen molar-refractivity contribution in [1.82, 2.24) is 9.55 Å². The molecule has 1 N–H and O–H groups in total. The minimum atomic E-state index is -0.410. The fourth-order valence-corrected chi connectivity index (χ4v) is 3.00. The number of carbonyl (C=O) groups excluding carboxylic acids is 1. The summed E-state index contributed by atoms with van der Waals surface area (Å²) in [6, 6.07) is 13.1. The molecule has 0 saturated carbocycles. The predicted octanol–water partition coefficient (Wildman–Crippen LogP) is 4.08. The third-order valence-electron chi connectivity index (χ3n) is 4.15. The summed E-state index contributed by atoms with van der Waals surface area (Å²) in [6.45, 7) is 1.50. The van der Waals surface area contributed by atoms with Crippen LogP contribution >= 0.6 is 23.2 Å². The van der Waals surface area contributed by atoms with Gasteiger partial charge in [-0.2, -0.15) is 0 Å². The van der Waals surface area contributed by atoms with E-state index >= 15 is 0 Å². The van der Waals surface area contributed by atoms with E-state index in [4.69, 9.17) is 32.7 Å². The molecule has 0 bridgehead atoms. The molecule has 0 unspecified atom stereocenters. The van der Waals surface area contributed by atoms with Gasteiger partial charge in [0.2, 0.25) is 5.91 Å². The monoisotopic (exact) mass is 447 g/mol. The molecule has 0 aliphatic carbocycles. The lowest BCUT2D eigenvalue weighted by Crippen LogP contribution is -2.31. The molecule has 0 spiro atoms. The zero-order chi connectivity index (χ0) is 21.7. The van der Waals surface area contributed by atoms with Gasteiger partial charge in [0.15, 0.2) is 0 Å². The van der Waals surface area contributed by atoms with Gasteiger partial charge in [0.25, 0.3) is 5.56 Å². The molecule has 0 aliphatic heterocycles. The average molecular weight is 448 g/mol. The van der Waals surface area contributed by atoms with Crippen molar-refractivity contribution in [3.8, 4) is 11.5 Å². The zero-order valence-electron chi connectivity index (χ0n) is 16.3. The van der Waals surface area contributed by atoms with Gasteiger partial charge in [0.05, 0.1) is 17.2 Å². The van der Waals surface area contributed by atoms with E-state index in [9.17, 15) is 9.59 Å². The van der Waals surface area contributed by atoms with Gasteiger partial charge in [-0.1, -0.05) is 23.2 Å². The number of hydrogen-bond donors (Lipinski definition) is 1. The molecular weight excluding hydrogens is 429 g/mol. The molecule has 0 atom stereocenters. The average Bonchev–Trinajstić information content (AvgIpc) is 2.71. The Morgan fingerprint density at radius 3 is 2.43 bits per heavy atom. The van der Waals surface area contributed by atoms with Crippen LogP contribution in [0.4, 0.5) is 5.69 Å². The van der Waals surface area contributed by atoms with Gasteiger partial charge in [-0.25, -0.2) is 4.98 Å². The summed E-state index contributed by atoms with van der Waals surface area (Å²) in [4.78, 5) is 29.3. The summed E-state index contributed by atoms with van der Waals surface area (Å²) in [5.41, 5.74) is 0.660. The van der Waals surface area contributed by atoms with Gasteiger partial charge in [-0.05, 0) is 49.4 Å². The molecule has 0 saturated heterocycles. The van der Waals surface area contributed by atoms with E-state index in [1.807, 2.05) is 0 Å². The summed E-state index contributed by atoms with van der Waals surface area (Å²) < 4.78 is 12.1. The number of nitrogens with one attached hydrogen (secondary N) is 1. The first-order chi connectivity index (χ1) is 14.4. The van der Waals surface area contributed by atoms with Crippen LogP contribution in [0.5, 0.6) is 11.5 Å². The van der Waals surface area contributed by atoms with E-state index in [-0.39, 0.29) is 18.7 Å². The number of nitrogens with zero attached hydrogens (tertiary/aromatic N) is 2. The Labute approximate surface area is 183 Å². The number of rotatable bonds is 7. The summed E-state index contributed by atoms with van der Waals surface area (Å²) in [7, 11) is 1.58. The Balaban J connectivity index is 1.75. The standard InChI is InChI=1S/C21H19Cl2N3O4/c1-13-9-21(28)26(11-20(27)25-14-3-8-17(22)18(23)10-14)19(24-13)12-30-16-6-4-15(29-2)5-7-16/h3-10H,11-12H2,1-2H3,(H,25,27). The van der Waals surface area contributed by atoms with Gasteiger partial charge < -0.3 is 14.8 Å². The number of aryl methyl sites for hydroxylation is 1. The van der Waals surface area contributed by atoms with E-state index in [0.29, 0.717) is 38.8 Å². The molecular formula is C21H19Cl2N3O4. The van der Waals surface area contributed by atoms with Crippen LogP contribution in [-0.2, 0) is 17.9 Å². The first-order valence-corrected chi connectivity index (χ1v) is 9.70. The Hall–Kier alpha value is -3.03. The number of anilines is 1. The van der Waals surface area contributed by atoms with Crippen LogP contribution in [0.15, 0.2) is 53.3 Å². The van der Waals surface area contributed by atoms with Crippen LogP contribution in [0.1, 0.15) is 11.5 Å². The number of benzene rings is 2. The van der Waals surface area contributed by atoms with Crippen LogP contribution in [0.25, 0.3) is 0 Å². The summed E-state index contributed by atoms with van der Waals surface area (Å²) in [6.07, 6.45) is 0. The maximum absolute atomic E-state index is 12.5. The molecule has 1 amide bonds. The predicted molar refractivity (Wildman–Crippen MR) is 116 cm³/mol. The fourth-order valence-electron chi connectivity index (χ4n) is 2.70. The molecule has 9 heteroatoms. The lowest BCUT2D eigenvalue weighted by Gasteiger charge is -2.14. The SMILES string of the molecule is COc1ccc(OCc2nc(C)cc(=O)n2CC(=O)Nc2ccc(Cl)c(Cl)c2)cc1. The number of amides is 1. The van der Waals surface area contributed by atoms with Gasteiger partial charge in [0.1, 0.15) is 30.5 Å². The van der Waals surface area contributed by atoms with Gasteiger partial charge >= 0.3 is 0 Å². The molecule has 30 heavy (non-hydrogen) atoms. The second kappa shape index (κ2) is 9.65. The van der Waals surface area contributed by atoms with E-state index in [1.54, 1.807) is 50.4 Å². The number of aromatic nitrogens is 2. The van der Waals surface area contributed by atoms with Crippen molar-refractivity contribution in [2.75, 3.05) is 12.4 Å². The van der Waals surface area contributed by atoms with Crippen molar-refractivity contribution in [2.24, 2.45) is 0 Å². The second-order valence-electron chi connectivity index (χ2n) is 6.38. The van der Waals surface area contributed by atoms with Crippen LogP contribution in [0.2, 0.25) is 10.0 Å².